The molecule has 0 aromatic carbocycles. The third-order valence-corrected chi connectivity index (χ3v) is 3.73. The first-order valence-corrected chi connectivity index (χ1v) is 5.99. The summed E-state index contributed by atoms with van der Waals surface area (Å²) in [5.41, 5.74) is 0. The summed E-state index contributed by atoms with van der Waals surface area (Å²) in [5.74, 6) is 1.08. The smallest absolute Gasteiger partial charge is 0.222 e. The molecule has 1 saturated carbocycles. The van der Waals surface area contributed by atoms with E-state index in [-0.39, 0.29) is 11.9 Å². The van der Waals surface area contributed by atoms with Crippen LogP contribution in [0, 0.1) is 5.92 Å². The summed E-state index contributed by atoms with van der Waals surface area (Å²) in [6.07, 6.45) is 5.05. The second kappa shape index (κ2) is 4.33. The van der Waals surface area contributed by atoms with Crippen LogP contribution in [0.25, 0.3) is 0 Å². The lowest BCUT2D eigenvalue weighted by molar-refractivity contribution is -0.139. The van der Waals surface area contributed by atoms with E-state index in [1.54, 1.807) is 0 Å². The molecule has 0 spiro atoms. The van der Waals surface area contributed by atoms with Crippen LogP contribution in [0.2, 0.25) is 0 Å². The van der Waals surface area contributed by atoms with Crippen molar-refractivity contribution in [1.29, 1.82) is 0 Å². The van der Waals surface area contributed by atoms with Crippen molar-refractivity contribution in [2.45, 2.75) is 51.5 Å². The molecule has 2 rings (SSSR count). The number of amides is 1. The number of nitrogens with zero attached hydrogens (tertiary/aromatic N) is 1. The first kappa shape index (κ1) is 10.7. The summed E-state index contributed by atoms with van der Waals surface area (Å²) in [7, 11) is 0. The first-order chi connectivity index (χ1) is 7.18. The van der Waals surface area contributed by atoms with Gasteiger partial charge < -0.3 is 4.90 Å². The van der Waals surface area contributed by atoms with E-state index in [2.05, 4.69) is 6.92 Å². The molecule has 0 bridgehead atoms. The Kier molecular flexibility index (Phi) is 3.08. The molecular weight excluding hydrogens is 190 g/mol. The minimum absolute atomic E-state index is 0.194. The molecule has 1 heterocycles. The first-order valence-electron chi connectivity index (χ1n) is 5.99. The maximum absolute atomic E-state index is 11.8. The largest absolute Gasteiger partial charge is 0.339 e. The molecular formula is C12H19NO2. The maximum atomic E-state index is 11.8. The summed E-state index contributed by atoms with van der Waals surface area (Å²) >= 11 is 0. The zero-order valence-corrected chi connectivity index (χ0v) is 9.37. The van der Waals surface area contributed by atoms with Crippen molar-refractivity contribution < 1.29 is 9.59 Å². The molecule has 2 fully saturated rings. The third kappa shape index (κ3) is 2.21. The van der Waals surface area contributed by atoms with Crippen LogP contribution >= 0.6 is 0 Å². The summed E-state index contributed by atoms with van der Waals surface area (Å²) in [4.78, 5) is 25.2. The Morgan fingerprint density at radius 1 is 1.20 bits per heavy atom. The second-order valence-electron chi connectivity index (χ2n) is 4.87. The van der Waals surface area contributed by atoms with Crippen LogP contribution in [0.5, 0.6) is 0 Å². The van der Waals surface area contributed by atoms with Crippen molar-refractivity contribution in [3.05, 3.63) is 0 Å². The van der Waals surface area contributed by atoms with E-state index in [9.17, 15) is 9.59 Å². The quantitative estimate of drug-likeness (QED) is 0.660. The fourth-order valence-corrected chi connectivity index (χ4v) is 2.71. The molecule has 1 aliphatic carbocycles. The average molecular weight is 209 g/mol. The van der Waals surface area contributed by atoms with Crippen molar-refractivity contribution in [2.24, 2.45) is 5.92 Å². The van der Waals surface area contributed by atoms with E-state index in [1.807, 2.05) is 4.90 Å². The van der Waals surface area contributed by atoms with Gasteiger partial charge >= 0.3 is 0 Å². The highest BCUT2D eigenvalue weighted by Gasteiger charge is 2.34. The van der Waals surface area contributed by atoms with Gasteiger partial charge in [-0.15, -0.1) is 0 Å². The van der Waals surface area contributed by atoms with Gasteiger partial charge in [-0.2, -0.15) is 0 Å². The monoisotopic (exact) mass is 209 g/mol. The van der Waals surface area contributed by atoms with Crippen molar-refractivity contribution in [1.82, 2.24) is 4.90 Å². The number of likely N-dealkylation sites (tertiary alicyclic amines) is 1. The summed E-state index contributed by atoms with van der Waals surface area (Å²) < 4.78 is 0. The fraction of sp³-hybridized carbons (Fsp3) is 0.833. The van der Waals surface area contributed by atoms with Gasteiger partial charge in [0.1, 0.15) is 5.78 Å². The molecule has 0 N–H and O–H groups in total. The number of carbonyl (C=O) groups is 2. The lowest BCUT2D eigenvalue weighted by Crippen LogP contribution is -2.48. The van der Waals surface area contributed by atoms with Gasteiger partial charge in [-0.3, -0.25) is 9.59 Å². The second-order valence-corrected chi connectivity index (χ2v) is 4.87. The van der Waals surface area contributed by atoms with Crippen LogP contribution in [0.4, 0.5) is 0 Å². The normalized spacial score (nSPS) is 33.3. The molecule has 2 unspecified atom stereocenters. The van der Waals surface area contributed by atoms with E-state index in [0.717, 1.165) is 25.8 Å². The number of Topliss-reactive ketones (excluding diaryl/α,β-unsaturated/α-hetero) is 1. The van der Waals surface area contributed by atoms with E-state index >= 15 is 0 Å². The SMILES string of the molecule is CC1CCC(=O)CC1N1CCCCC1=O. The van der Waals surface area contributed by atoms with E-state index in [0.29, 0.717) is 31.0 Å². The van der Waals surface area contributed by atoms with Gasteiger partial charge in [0.25, 0.3) is 0 Å². The number of ketones is 1. The summed E-state index contributed by atoms with van der Waals surface area (Å²) in [6.45, 7) is 3.03. The standard InChI is InChI=1S/C12H19NO2/c1-9-5-6-10(14)8-11(9)13-7-3-2-4-12(13)15/h9,11H,2-8H2,1H3. The Hall–Kier alpha value is -0.860. The van der Waals surface area contributed by atoms with E-state index < -0.39 is 0 Å². The molecule has 1 saturated heterocycles. The van der Waals surface area contributed by atoms with Crippen LogP contribution in [0.15, 0.2) is 0 Å². The van der Waals surface area contributed by atoms with Crippen LogP contribution in [0.1, 0.15) is 45.4 Å². The highest BCUT2D eigenvalue weighted by atomic mass is 16.2. The lowest BCUT2D eigenvalue weighted by Gasteiger charge is -2.40. The number of carbonyl (C=O) groups excluding carboxylic acids is 2. The Balaban J connectivity index is 2.06. The van der Waals surface area contributed by atoms with Crippen molar-refractivity contribution >= 4 is 11.7 Å². The van der Waals surface area contributed by atoms with Crippen LogP contribution in [-0.2, 0) is 9.59 Å². The maximum Gasteiger partial charge on any atom is 0.222 e. The number of piperidine rings is 1. The zero-order valence-electron chi connectivity index (χ0n) is 9.37. The molecule has 2 aliphatic rings. The molecule has 84 valence electrons. The third-order valence-electron chi connectivity index (χ3n) is 3.73. The minimum atomic E-state index is 0.194. The molecule has 0 aromatic rings. The molecule has 3 nitrogen and oxygen atoms in total. The van der Waals surface area contributed by atoms with Gasteiger partial charge in [0.2, 0.25) is 5.91 Å². The van der Waals surface area contributed by atoms with Gasteiger partial charge in [-0.25, -0.2) is 0 Å². The van der Waals surface area contributed by atoms with Crippen LogP contribution in [-0.4, -0.2) is 29.2 Å². The predicted octanol–water partition coefficient (Wildman–Crippen LogP) is 1.76. The number of hydrogen-bond acceptors (Lipinski definition) is 2. The Labute approximate surface area is 90.8 Å². The molecule has 2 atom stereocenters. The Morgan fingerprint density at radius 3 is 2.73 bits per heavy atom. The van der Waals surface area contributed by atoms with Gasteiger partial charge in [-0.1, -0.05) is 6.92 Å². The highest BCUT2D eigenvalue weighted by molar-refractivity contribution is 5.82. The summed E-state index contributed by atoms with van der Waals surface area (Å²) in [6, 6.07) is 0.194. The average Bonchev–Trinajstić information content (AvgIpc) is 2.23. The summed E-state index contributed by atoms with van der Waals surface area (Å²) in [5, 5.41) is 0. The Morgan fingerprint density at radius 2 is 2.00 bits per heavy atom. The molecule has 1 aliphatic heterocycles. The van der Waals surface area contributed by atoms with Crippen molar-refractivity contribution in [3.63, 3.8) is 0 Å². The van der Waals surface area contributed by atoms with Gasteiger partial charge in [0.05, 0.1) is 0 Å². The molecule has 15 heavy (non-hydrogen) atoms. The number of hydrogen-bond donors (Lipinski definition) is 0. The predicted molar refractivity (Wildman–Crippen MR) is 57.4 cm³/mol. The van der Waals surface area contributed by atoms with Crippen molar-refractivity contribution in [3.8, 4) is 0 Å². The highest BCUT2D eigenvalue weighted by Crippen LogP contribution is 2.28. The molecule has 3 heteroatoms. The van der Waals surface area contributed by atoms with E-state index in [4.69, 9.17) is 0 Å². The van der Waals surface area contributed by atoms with Gasteiger partial charge in [0, 0.05) is 31.8 Å². The topological polar surface area (TPSA) is 37.4 Å². The molecule has 1 amide bonds. The van der Waals surface area contributed by atoms with E-state index in [1.165, 1.54) is 0 Å². The minimum Gasteiger partial charge on any atom is -0.339 e. The fourth-order valence-electron chi connectivity index (χ4n) is 2.71. The lowest BCUT2D eigenvalue weighted by atomic mass is 9.83. The van der Waals surface area contributed by atoms with Crippen LogP contribution in [0.3, 0.4) is 0 Å². The Bertz CT molecular complexity index is 275. The zero-order chi connectivity index (χ0) is 10.8. The van der Waals surface area contributed by atoms with Gasteiger partial charge in [0.15, 0.2) is 0 Å². The molecule has 0 aromatic heterocycles. The molecule has 0 radical (unpaired) electrons. The van der Waals surface area contributed by atoms with Crippen molar-refractivity contribution in [2.75, 3.05) is 6.54 Å². The number of rotatable bonds is 1. The van der Waals surface area contributed by atoms with Gasteiger partial charge in [-0.05, 0) is 25.2 Å². The van der Waals surface area contributed by atoms with Crippen LogP contribution < -0.4 is 0 Å².